The third-order valence-electron chi connectivity index (χ3n) is 3.41. The molecule has 2 rings (SSSR count). The topological polar surface area (TPSA) is 89.3 Å². The standard InChI is InChI=1S/C15H13BrCl2N2O3S/c1-15(14(19)21,9-5-3-2-4-6-9)20-24(22,23)13-11(17)7-10(16)8-12(13)18/h2-8,20H,1H3,(H2,19,21). The van der Waals surface area contributed by atoms with Crippen LogP contribution in [-0.4, -0.2) is 14.3 Å². The maximum Gasteiger partial charge on any atom is 0.244 e. The zero-order valence-electron chi connectivity index (χ0n) is 12.4. The summed E-state index contributed by atoms with van der Waals surface area (Å²) in [6.07, 6.45) is 0. The van der Waals surface area contributed by atoms with Crippen molar-refractivity contribution in [1.29, 1.82) is 0 Å². The van der Waals surface area contributed by atoms with Crippen molar-refractivity contribution < 1.29 is 13.2 Å². The van der Waals surface area contributed by atoms with E-state index in [0.29, 0.717) is 10.0 Å². The minimum absolute atomic E-state index is 0.0817. The van der Waals surface area contributed by atoms with Crippen molar-refractivity contribution in [3.05, 3.63) is 62.5 Å². The van der Waals surface area contributed by atoms with Crippen LogP contribution in [-0.2, 0) is 20.4 Å². The summed E-state index contributed by atoms with van der Waals surface area (Å²) in [6.45, 7) is 1.38. The van der Waals surface area contributed by atoms with Gasteiger partial charge in [-0.3, -0.25) is 4.79 Å². The molecule has 3 N–H and O–H groups in total. The van der Waals surface area contributed by atoms with Crippen LogP contribution in [0.5, 0.6) is 0 Å². The lowest BCUT2D eigenvalue weighted by molar-refractivity contribution is -0.123. The van der Waals surface area contributed by atoms with E-state index in [2.05, 4.69) is 20.7 Å². The predicted octanol–water partition coefficient (Wildman–Crippen LogP) is 3.43. The number of amides is 1. The number of hydrogen-bond acceptors (Lipinski definition) is 3. The molecule has 2 aromatic rings. The largest absolute Gasteiger partial charge is 0.368 e. The molecule has 1 atom stereocenters. The van der Waals surface area contributed by atoms with E-state index in [-0.39, 0.29) is 14.9 Å². The van der Waals surface area contributed by atoms with Crippen LogP contribution in [0, 0.1) is 0 Å². The fraction of sp³-hybridized carbons (Fsp3) is 0.133. The summed E-state index contributed by atoms with van der Waals surface area (Å²) in [4.78, 5) is 11.7. The van der Waals surface area contributed by atoms with Crippen molar-refractivity contribution in [3.63, 3.8) is 0 Å². The van der Waals surface area contributed by atoms with Crippen LogP contribution in [0.1, 0.15) is 12.5 Å². The summed E-state index contributed by atoms with van der Waals surface area (Å²) < 4.78 is 28.4. The Bertz CT molecular complexity index is 868. The molecule has 0 aliphatic carbocycles. The average molecular weight is 452 g/mol. The van der Waals surface area contributed by atoms with E-state index in [1.165, 1.54) is 19.1 Å². The van der Waals surface area contributed by atoms with Gasteiger partial charge in [0.2, 0.25) is 15.9 Å². The molecule has 5 nitrogen and oxygen atoms in total. The van der Waals surface area contributed by atoms with E-state index < -0.39 is 21.5 Å². The van der Waals surface area contributed by atoms with E-state index in [9.17, 15) is 13.2 Å². The summed E-state index contributed by atoms with van der Waals surface area (Å²) in [5.41, 5.74) is 4.18. The van der Waals surface area contributed by atoms with Crippen molar-refractivity contribution in [2.45, 2.75) is 17.4 Å². The molecule has 0 radical (unpaired) electrons. The Morgan fingerprint density at radius 2 is 1.67 bits per heavy atom. The van der Waals surface area contributed by atoms with Crippen LogP contribution in [0.2, 0.25) is 10.0 Å². The van der Waals surface area contributed by atoms with Gasteiger partial charge in [-0.25, -0.2) is 8.42 Å². The molecule has 0 bridgehead atoms. The Morgan fingerprint density at radius 3 is 2.12 bits per heavy atom. The Hall–Kier alpha value is -1.12. The maximum absolute atomic E-state index is 12.8. The van der Waals surface area contributed by atoms with Crippen molar-refractivity contribution in [1.82, 2.24) is 4.72 Å². The number of benzene rings is 2. The van der Waals surface area contributed by atoms with Gasteiger partial charge in [0.1, 0.15) is 10.4 Å². The van der Waals surface area contributed by atoms with Crippen LogP contribution in [0.4, 0.5) is 0 Å². The molecule has 128 valence electrons. The van der Waals surface area contributed by atoms with Crippen molar-refractivity contribution >= 4 is 55.1 Å². The molecule has 0 spiro atoms. The smallest absolute Gasteiger partial charge is 0.244 e. The second-order valence-electron chi connectivity index (χ2n) is 5.16. The SMILES string of the molecule is CC(NS(=O)(=O)c1c(Cl)cc(Br)cc1Cl)(C(N)=O)c1ccccc1. The van der Waals surface area contributed by atoms with E-state index in [1.54, 1.807) is 30.3 Å². The first-order valence-corrected chi connectivity index (χ1v) is 9.65. The number of halogens is 3. The van der Waals surface area contributed by atoms with E-state index in [1.807, 2.05) is 0 Å². The highest BCUT2D eigenvalue weighted by atomic mass is 79.9. The Balaban J connectivity index is 2.57. The molecule has 9 heteroatoms. The highest BCUT2D eigenvalue weighted by Gasteiger charge is 2.39. The molecule has 0 saturated heterocycles. The van der Waals surface area contributed by atoms with Crippen LogP contribution in [0.15, 0.2) is 51.8 Å². The monoisotopic (exact) mass is 450 g/mol. The number of carbonyl (C=O) groups excluding carboxylic acids is 1. The third-order valence-corrected chi connectivity index (χ3v) is 6.35. The molecule has 0 aliphatic rings. The summed E-state index contributed by atoms with van der Waals surface area (Å²) in [5, 5.41) is -0.163. The van der Waals surface area contributed by atoms with Gasteiger partial charge in [0, 0.05) is 4.47 Å². The van der Waals surface area contributed by atoms with Gasteiger partial charge < -0.3 is 5.73 Å². The highest BCUT2D eigenvalue weighted by Crippen LogP contribution is 2.34. The fourth-order valence-electron chi connectivity index (χ4n) is 2.13. The second kappa shape index (κ2) is 7.01. The zero-order valence-corrected chi connectivity index (χ0v) is 16.3. The van der Waals surface area contributed by atoms with Gasteiger partial charge in [-0.15, -0.1) is 0 Å². The molecular weight excluding hydrogens is 439 g/mol. The summed E-state index contributed by atoms with van der Waals surface area (Å²) in [5.74, 6) is -0.860. The number of nitrogens with one attached hydrogen (secondary N) is 1. The highest BCUT2D eigenvalue weighted by molar-refractivity contribution is 9.10. The minimum atomic E-state index is -4.22. The molecule has 2 aromatic carbocycles. The lowest BCUT2D eigenvalue weighted by Gasteiger charge is -2.28. The lowest BCUT2D eigenvalue weighted by atomic mass is 9.93. The zero-order chi connectivity index (χ0) is 18.1. The third kappa shape index (κ3) is 3.75. The molecule has 0 heterocycles. The number of rotatable bonds is 5. The summed E-state index contributed by atoms with van der Waals surface area (Å²) >= 11 is 15.2. The van der Waals surface area contributed by atoms with Crippen LogP contribution in [0.25, 0.3) is 0 Å². The first-order chi connectivity index (χ1) is 11.1. The second-order valence-corrected chi connectivity index (χ2v) is 8.51. The first-order valence-electron chi connectivity index (χ1n) is 6.62. The maximum atomic E-state index is 12.8. The van der Waals surface area contributed by atoms with Gasteiger partial charge >= 0.3 is 0 Å². The summed E-state index contributed by atoms with van der Waals surface area (Å²) in [6, 6.07) is 11.1. The van der Waals surface area contributed by atoms with Crippen molar-refractivity contribution in [2.75, 3.05) is 0 Å². The normalized spacial score (nSPS) is 14.2. The molecule has 1 amide bonds. The number of hydrogen-bond donors (Lipinski definition) is 2. The number of nitrogens with two attached hydrogens (primary N) is 1. The molecule has 1 unspecified atom stereocenters. The van der Waals surface area contributed by atoms with Gasteiger partial charge in [-0.1, -0.05) is 69.5 Å². The fourth-order valence-corrected chi connectivity index (χ4v) is 5.44. The van der Waals surface area contributed by atoms with E-state index >= 15 is 0 Å². The van der Waals surface area contributed by atoms with Crippen LogP contribution in [0.3, 0.4) is 0 Å². The summed E-state index contributed by atoms with van der Waals surface area (Å²) in [7, 11) is -4.22. The van der Waals surface area contributed by atoms with Gasteiger partial charge in [-0.05, 0) is 24.6 Å². The first kappa shape index (κ1) is 19.2. The van der Waals surface area contributed by atoms with Crippen molar-refractivity contribution in [3.8, 4) is 0 Å². The molecule has 0 fully saturated rings. The lowest BCUT2D eigenvalue weighted by Crippen LogP contribution is -2.52. The van der Waals surface area contributed by atoms with Gasteiger partial charge in [-0.2, -0.15) is 4.72 Å². The van der Waals surface area contributed by atoms with Gasteiger partial charge in [0.25, 0.3) is 0 Å². The number of carbonyl (C=O) groups is 1. The van der Waals surface area contributed by atoms with Gasteiger partial charge in [0.15, 0.2) is 0 Å². The number of primary amides is 1. The quantitative estimate of drug-likeness (QED) is 0.729. The predicted molar refractivity (Wildman–Crippen MR) is 97.5 cm³/mol. The molecule has 24 heavy (non-hydrogen) atoms. The molecule has 0 saturated carbocycles. The van der Waals surface area contributed by atoms with E-state index in [0.717, 1.165) is 0 Å². The molecular formula is C15H13BrCl2N2O3S. The molecule has 0 aliphatic heterocycles. The number of sulfonamides is 1. The Morgan fingerprint density at radius 1 is 1.17 bits per heavy atom. The molecule has 0 aromatic heterocycles. The minimum Gasteiger partial charge on any atom is -0.368 e. The van der Waals surface area contributed by atoms with E-state index in [4.69, 9.17) is 28.9 Å². The van der Waals surface area contributed by atoms with Crippen molar-refractivity contribution in [2.24, 2.45) is 5.73 Å². The Kier molecular flexibility index (Phi) is 5.61. The van der Waals surface area contributed by atoms with Gasteiger partial charge in [0.05, 0.1) is 10.0 Å². The Labute approximate surface area is 158 Å². The van der Waals surface area contributed by atoms with Crippen LogP contribution < -0.4 is 10.5 Å². The average Bonchev–Trinajstić information content (AvgIpc) is 2.45. The van der Waals surface area contributed by atoms with Crippen LogP contribution >= 0.6 is 39.1 Å².